The van der Waals surface area contributed by atoms with E-state index in [9.17, 15) is 5.11 Å². The van der Waals surface area contributed by atoms with Crippen molar-refractivity contribution in [2.75, 3.05) is 53.4 Å². The van der Waals surface area contributed by atoms with Crippen LogP contribution in [0.1, 0.15) is 26.2 Å². The number of aliphatic hydroxyl groups is 1. The van der Waals surface area contributed by atoms with Gasteiger partial charge >= 0.3 is 0 Å². The van der Waals surface area contributed by atoms with Crippen molar-refractivity contribution in [3.8, 4) is 0 Å². The number of nitrogens with zero attached hydrogens (tertiary/aromatic N) is 1. The van der Waals surface area contributed by atoms with E-state index in [4.69, 9.17) is 17.3 Å². The van der Waals surface area contributed by atoms with E-state index in [0.29, 0.717) is 31.6 Å². The van der Waals surface area contributed by atoms with E-state index >= 15 is 0 Å². The minimum atomic E-state index is -1.89. The second-order valence-electron chi connectivity index (χ2n) is 5.33. The summed E-state index contributed by atoms with van der Waals surface area (Å²) in [7, 11) is 2.87. The molecule has 1 saturated heterocycles. The Kier molecular flexibility index (Phi) is 9.12. The second kappa shape index (κ2) is 9.99. The zero-order chi connectivity index (χ0) is 15.7. The Morgan fingerprint density at radius 3 is 2.43 bits per heavy atom. The number of hydrogen-bond donors (Lipinski definition) is 1. The molecule has 0 radical (unpaired) electrons. The molecule has 128 valence electrons. The molecular formula is C14H31NO5S. The highest BCUT2D eigenvalue weighted by molar-refractivity contribution is 8.21. The first-order valence-corrected chi connectivity index (χ1v) is 9.12. The highest BCUT2D eigenvalue weighted by Crippen LogP contribution is 2.49. The van der Waals surface area contributed by atoms with E-state index in [-0.39, 0.29) is 0 Å². The van der Waals surface area contributed by atoms with Gasteiger partial charge in [-0.05, 0) is 32.7 Å². The van der Waals surface area contributed by atoms with Crippen LogP contribution in [-0.4, -0.2) is 75.5 Å². The molecule has 0 saturated carbocycles. The molecule has 0 spiro atoms. The summed E-state index contributed by atoms with van der Waals surface area (Å²) >= 11 is 0. The largest absolute Gasteiger partial charge is 0.389 e. The van der Waals surface area contributed by atoms with E-state index in [2.05, 4.69) is 11.8 Å². The fourth-order valence-electron chi connectivity index (χ4n) is 2.60. The molecule has 1 aliphatic heterocycles. The summed E-state index contributed by atoms with van der Waals surface area (Å²) < 4.78 is 21.4. The van der Waals surface area contributed by atoms with Crippen LogP contribution in [0.4, 0.5) is 0 Å². The zero-order valence-electron chi connectivity index (χ0n) is 13.7. The van der Waals surface area contributed by atoms with Crippen molar-refractivity contribution in [2.24, 2.45) is 0 Å². The summed E-state index contributed by atoms with van der Waals surface area (Å²) in [5, 5.41) is 9.99. The predicted molar refractivity (Wildman–Crippen MR) is 85.2 cm³/mol. The highest BCUT2D eigenvalue weighted by atomic mass is 32.3. The van der Waals surface area contributed by atoms with Crippen molar-refractivity contribution >= 4 is 10.9 Å². The van der Waals surface area contributed by atoms with Crippen molar-refractivity contribution in [2.45, 2.75) is 38.3 Å². The number of aliphatic hydroxyl groups excluding tert-OH is 1. The van der Waals surface area contributed by atoms with Gasteiger partial charge in [0, 0.05) is 24.9 Å². The van der Waals surface area contributed by atoms with E-state index in [1.165, 1.54) is 12.8 Å². The van der Waals surface area contributed by atoms with Crippen molar-refractivity contribution in [3.63, 3.8) is 0 Å². The predicted octanol–water partition coefficient (Wildman–Crippen LogP) is 1.73. The highest BCUT2D eigenvalue weighted by Gasteiger charge is 2.23. The Hall–Kier alpha value is 0.110. The summed E-state index contributed by atoms with van der Waals surface area (Å²) in [5.74, 6) is 0.662. The van der Waals surface area contributed by atoms with Crippen molar-refractivity contribution in [1.29, 1.82) is 0 Å². The van der Waals surface area contributed by atoms with Crippen LogP contribution in [0.2, 0.25) is 0 Å². The molecule has 0 aromatic heterocycles. The molecule has 6 nitrogen and oxygen atoms in total. The normalized spacial score (nSPS) is 22.6. The number of hydrogen-bond acceptors (Lipinski definition) is 6. The topological polar surface area (TPSA) is 60.4 Å². The molecule has 0 aromatic rings. The van der Waals surface area contributed by atoms with Gasteiger partial charge in [-0.2, -0.15) is 0 Å². The molecule has 2 atom stereocenters. The Labute approximate surface area is 130 Å². The molecule has 21 heavy (non-hydrogen) atoms. The molecule has 1 aliphatic rings. The second-order valence-corrected chi connectivity index (χ2v) is 7.85. The van der Waals surface area contributed by atoms with Gasteiger partial charge in [-0.25, -0.2) is 0 Å². The molecule has 1 fully saturated rings. The molecule has 0 aromatic carbocycles. The fourth-order valence-corrected chi connectivity index (χ4v) is 3.98. The SMILES string of the molecule is COS(CCCOCC(O)CN1CCC[C@H]1C)(OC)OC. The lowest BCUT2D eigenvalue weighted by Gasteiger charge is -2.33. The van der Waals surface area contributed by atoms with Crippen molar-refractivity contribution < 1.29 is 22.4 Å². The van der Waals surface area contributed by atoms with Gasteiger partial charge in [0.1, 0.15) is 0 Å². The first-order chi connectivity index (χ1) is 10.1. The lowest BCUT2D eigenvalue weighted by Crippen LogP contribution is -2.36. The minimum absolute atomic E-state index is 0.374. The number of rotatable bonds is 11. The Bertz CT molecular complexity index is 270. The van der Waals surface area contributed by atoms with Crippen LogP contribution < -0.4 is 0 Å². The molecule has 0 aliphatic carbocycles. The average molecular weight is 325 g/mol. The molecule has 0 bridgehead atoms. The minimum Gasteiger partial charge on any atom is -0.389 e. The number of β-amino-alcohol motifs (C(OH)–C–C–N with tert-alkyl or cyclic N) is 1. The monoisotopic (exact) mass is 325 g/mol. The van der Waals surface area contributed by atoms with Gasteiger partial charge in [0.25, 0.3) is 0 Å². The van der Waals surface area contributed by atoms with Gasteiger partial charge in [0.15, 0.2) is 0 Å². The van der Waals surface area contributed by atoms with E-state index in [0.717, 1.165) is 13.0 Å². The standard InChI is InChI=1S/C14H31NO5S/c1-13-7-5-8-15(13)11-14(16)12-20-9-6-10-21(17-2,18-3)19-4/h13-14,16H,5-12H2,1-4H3/t13-,14?/m1/s1. The fraction of sp³-hybridized carbons (Fsp3) is 1.00. The first kappa shape index (κ1) is 19.2. The smallest absolute Gasteiger partial charge is 0.0900 e. The molecule has 0 amide bonds. The number of likely N-dealkylation sites (tertiary alicyclic amines) is 1. The number of ether oxygens (including phenoxy) is 1. The summed E-state index contributed by atoms with van der Waals surface area (Å²) in [6.07, 6.45) is 2.81. The van der Waals surface area contributed by atoms with Crippen LogP contribution in [0.15, 0.2) is 0 Å². The summed E-state index contributed by atoms with van der Waals surface area (Å²) in [5.41, 5.74) is 0. The van der Waals surface area contributed by atoms with E-state index in [1.54, 1.807) is 21.3 Å². The Balaban J connectivity index is 2.10. The van der Waals surface area contributed by atoms with Crippen LogP contribution in [-0.2, 0) is 17.3 Å². The van der Waals surface area contributed by atoms with Crippen LogP contribution >= 0.6 is 10.9 Å². The maximum atomic E-state index is 9.99. The third kappa shape index (κ3) is 6.40. The van der Waals surface area contributed by atoms with Gasteiger partial charge in [-0.1, -0.05) is 0 Å². The first-order valence-electron chi connectivity index (χ1n) is 7.54. The molecular weight excluding hydrogens is 294 g/mol. The molecule has 1 rings (SSSR count). The molecule has 7 heteroatoms. The maximum absolute atomic E-state index is 9.99. The van der Waals surface area contributed by atoms with Gasteiger partial charge in [0.2, 0.25) is 0 Å². The van der Waals surface area contributed by atoms with Crippen molar-refractivity contribution in [3.05, 3.63) is 0 Å². The maximum Gasteiger partial charge on any atom is 0.0900 e. The summed E-state index contributed by atoms with van der Waals surface area (Å²) in [6.45, 7) is 4.93. The van der Waals surface area contributed by atoms with Crippen LogP contribution in [0.5, 0.6) is 0 Å². The quantitative estimate of drug-likeness (QED) is 0.584. The molecule has 1 unspecified atom stereocenters. The zero-order valence-corrected chi connectivity index (χ0v) is 14.6. The van der Waals surface area contributed by atoms with Crippen LogP contribution in [0.3, 0.4) is 0 Å². The Morgan fingerprint density at radius 2 is 1.90 bits per heavy atom. The molecule has 1 N–H and O–H groups in total. The van der Waals surface area contributed by atoms with Gasteiger partial charge < -0.3 is 9.84 Å². The lowest BCUT2D eigenvalue weighted by atomic mass is 10.2. The van der Waals surface area contributed by atoms with Crippen LogP contribution in [0, 0.1) is 0 Å². The van der Waals surface area contributed by atoms with Crippen molar-refractivity contribution in [1.82, 2.24) is 4.90 Å². The average Bonchev–Trinajstić information content (AvgIpc) is 2.89. The third-order valence-electron chi connectivity index (χ3n) is 3.89. The Morgan fingerprint density at radius 1 is 1.24 bits per heavy atom. The van der Waals surface area contributed by atoms with E-state index < -0.39 is 17.0 Å². The molecule has 1 heterocycles. The van der Waals surface area contributed by atoms with Gasteiger partial charge in [0.05, 0.1) is 44.9 Å². The van der Waals surface area contributed by atoms with Gasteiger partial charge in [-0.3, -0.25) is 17.4 Å². The lowest BCUT2D eigenvalue weighted by molar-refractivity contribution is 0.0157. The summed E-state index contributed by atoms with van der Waals surface area (Å²) in [4.78, 5) is 2.32. The van der Waals surface area contributed by atoms with Gasteiger partial charge in [-0.15, -0.1) is 0 Å². The third-order valence-corrected chi connectivity index (χ3v) is 6.20. The van der Waals surface area contributed by atoms with E-state index in [1.807, 2.05) is 0 Å². The summed E-state index contributed by atoms with van der Waals surface area (Å²) in [6, 6.07) is 0.578. The van der Waals surface area contributed by atoms with Crippen LogP contribution in [0.25, 0.3) is 0 Å².